The van der Waals surface area contributed by atoms with Crippen LogP contribution < -0.4 is 5.43 Å². The van der Waals surface area contributed by atoms with Crippen LogP contribution in [-0.4, -0.2) is 75.1 Å². The number of hydrogen-bond donors (Lipinski definition) is 3. The highest BCUT2D eigenvalue weighted by Gasteiger charge is 2.35. The topological polar surface area (TPSA) is 91.6 Å². The van der Waals surface area contributed by atoms with Gasteiger partial charge in [0.1, 0.15) is 5.75 Å². The van der Waals surface area contributed by atoms with Crippen LogP contribution in [0.2, 0.25) is 0 Å². The average Bonchev–Trinajstić information content (AvgIpc) is 3.44. The Morgan fingerprint density at radius 2 is 1.73 bits per heavy atom. The van der Waals surface area contributed by atoms with E-state index in [0.29, 0.717) is 31.6 Å². The summed E-state index contributed by atoms with van der Waals surface area (Å²) in [5.74, 6) is -0.479. The summed E-state index contributed by atoms with van der Waals surface area (Å²) in [6.45, 7) is 8.77. The van der Waals surface area contributed by atoms with Crippen molar-refractivity contribution in [2.75, 3.05) is 26.2 Å². The van der Waals surface area contributed by atoms with Gasteiger partial charge in [-0.25, -0.2) is 10.5 Å². The second kappa shape index (κ2) is 13.3. The maximum Gasteiger partial charge on any atom is 0.303 e. The van der Waals surface area contributed by atoms with Crippen molar-refractivity contribution in [3.05, 3.63) is 101 Å². The molecule has 0 bridgehead atoms. The number of carboxylic acids is 1. The zero-order chi connectivity index (χ0) is 28.8. The molecule has 0 saturated carbocycles. The van der Waals surface area contributed by atoms with E-state index in [0.717, 1.165) is 42.9 Å². The van der Waals surface area contributed by atoms with Crippen molar-refractivity contribution < 1.29 is 15.0 Å². The first-order valence-electron chi connectivity index (χ1n) is 14.6. The van der Waals surface area contributed by atoms with E-state index in [1.807, 2.05) is 17.3 Å². The summed E-state index contributed by atoms with van der Waals surface area (Å²) >= 11 is 0. The molecule has 8 nitrogen and oxygen atoms in total. The van der Waals surface area contributed by atoms with E-state index in [1.165, 1.54) is 11.1 Å². The molecule has 0 aromatic heterocycles. The quantitative estimate of drug-likeness (QED) is 0.291. The summed E-state index contributed by atoms with van der Waals surface area (Å²) in [5.41, 5.74) is 8.94. The van der Waals surface area contributed by atoms with Gasteiger partial charge in [0.25, 0.3) is 0 Å². The van der Waals surface area contributed by atoms with Gasteiger partial charge in [0.2, 0.25) is 0 Å². The molecule has 3 atom stereocenters. The van der Waals surface area contributed by atoms with Gasteiger partial charge in [0, 0.05) is 38.1 Å². The fourth-order valence-corrected chi connectivity index (χ4v) is 5.96. The molecule has 0 aliphatic carbocycles. The molecule has 0 unspecified atom stereocenters. The van der Waals surface area contributed by atoms with Crippen molar-refractivity contribution in [1.29, 1.82) is 0 Å². The first-order valence-corrected chi connectivity index (χ1v) is 14.6. The van der Waals surface area contributed by atoms with E-state index in [2.05, 4.69) is 89.7 Å². The van der Waals surface area contributed by atoms with Crippen molar-refractivity contribution in [2.45, 2.75) is 57.8 Å². The Bertz CT molecular complexity index is 1330. The molecule has 3 aromatic rings. The molecule has 2 aliphatic rings. The van der Waals surface area contributed by atoms with Gasteiger partial charge in [-0.05, 0) is 61.1 Å². The Labute approximate surface area is 242 Å². The van der Waals surface area contributed by atoms with Crippen LogP contribution in [0.25, 0.3) is 0 Å². The maximum absolute atomic E-state index is 10.8. The fraction of sp³-hybridized carbons (Fsp3) is 0.394. The number of carbonyl (C=O) groups is 1. The first-order chi connectivity index (χ1) is 19.9. The molecule has 2 heterocycles. The summed E-state index contributed by atoms with van der Waals surface area (Å²) in [6, 6.07) is 27.7. The van der Waals surface area contributed by atoms with Crippen molar-refractivity contribution in [1.82, 2.24) is 20.3 Å². The van der Waals surface area contributed by atoms with E-state index < -0.39 is 5.97 Å². The van der Waals surface area contributed by atoms with Crippen LogP contribution in [0.5, 0.6) is 5.75 Å². The van der Waals surface area contributed by atoms with Crippen molar-refractivity contribution >= 4 is 11.7 Å². The molecule has 5 rings (SSSR count). The smallest absolute Gasteiger partial charge is 0.303 e. The molecule has 216 valence electrons. The molecule has 0 spiro atoms. The molecule has 3 N–H and O–H groups in total. The van der Waals surface area contributed by atoms with Gasteiger partial charge in [-0.2, -0.15) is 5.10 Å². The SMILES string of the molecule is C[C@@H]1CN([C@H](c2ccc(C3=NN(CCCCC(=O)O)NC3)cc2)c2cccc(O)c2)[C@@H](C)CN1Cc1ccccc1. The Balaban J connectivity index is 1.32. The van der Waals surface area contributed by atoms with Crippen LogP contribution in [-0.2, 0) is 11.3 Å². The van der Waals surface area contributed by atoms with Gasteiger partial charge >= 0.3 is 5.97 Å². The summed E-state index contributed by atoms with van der Waals surface area (Å²) in [6.07, 6.45) is 1.60. The van der Waals surface area contributed by atoms with E-state index in [-0.39, 0.29) is 18.2 Å². The summed E-state index contributed by atoms with van der Waals surface area (Å²) in [4.78, 5) is 15.9. The first kappa shape index (κ1) is 28.8. The number of carboxylic acid groups (broad SMARTS) is 1. The number of nitrogens with zero attached hydrogens (tertiary/aromatic N) is 4. The van der Waals surface area contributed by atoms with Crippen LogP contribution in [0.4, 0.5) is 0 Å². The Morgan fingerprint density at radius 1 is 0.951 bits per heavy atom. The van der Waals surface area contributed by atoms with Crippen LogP contribution in [0.3, 0.4) is 0 Å². The number of aromatic hydroxyl groups is 1. The lowest BCUT2D eigenvalue weighted by Gasteiger charge is -2.47. The van der Waals surface area contributed by atoms with Crippen molar-refractivity contribution in [2.24, 2.45) is 5.10 Å². The number of phenolic OH excluding ortho intramolecular Hbond substituents is 1. The predicted octanol–water partition coefficient (Wildman–Crippen LogP) is 4.86. The zero-order valence-corrected chi connectivity index (χ0v) is 24.0. The molecule has 0 radical (unpaired) electrons. The largest absolute Gasteiger partial charge is 0.508 e. The zero-order valence-electron chi connectivity index (χ0n) is 24.0. The number of piperazine rings is 1. The molecular weight excluding hydrogens is 514 g/mol. The number of hydrazine groups is 1. The summed E-state index contributed by atoms with van der Waals surface area (Å²) in [7, 11) is 0. The molecule has 41 heavy (non-hydrogen) atoms. The monoisotopic (exact) mass is 555 g/mol. The molecule has 2 aliphatic heterocycles. The van der Waals surface area contributed by atoms with E-state index in [1.54, 1.807) is 6.07 Å². The van der Waals surface area contributed by atoms with Gasteiger partial charge in [0.05, 0.1) is 24.8 Å². The number of hydrazone groups is 1. The van der Waals surface area contributed by atoms with Gasteiger partial charge < -0.3 is 10.2 Å². The third-order valence-corrected chi connectivity index (χ3v) is 8.15. The Morgan fingerprint density at radius 3 is 2.46 bits per heavy atom. The lowest BCUT2D eigenvalue weighted by Crippen LogP contribution is -2.56. The standard InChI is InChI=1S/C33H41N5O3/c1-24-22-37(25(2)21-36(24)23-26-9-4-3-5-10-26)33(29-11-8-12-30(39)19-29)28-16-14-27(15-17-28)31-20-34-38(35-31)18-7-6-13-32(40)41/h3-5,8-12,14-17,19,24-25,33-34,39H,6-7,13,18,20-23H2,1-2H3,(H,40,41)/t24-,25+,33-/m1/s1. The number of unbranched alkanes of at least 4 members (excludes halogenated alkanes) is 1. The molecule has 8 heteroatoms. The Kier molecular flexibility index (Phi) is 9.34. The van der Waals surface area contributed by atoms with Crippen LogP contribution in [0, 0.1) is 0 Å². The number of benzene rings is 3. The number of rotatable bonds is 11. The lowest BCUT2D eigenvalue weighted by molar-refractivity contribution is -0.137. The van der Waals surface area contributed by atoms with Crippen molar-refractivity contribution in [3.63, 3.8) is 0 Å². The molecule has 1 fully saturated rings. The Hall–Kier alpha value is -3.72. The van der Waals surface area contributed by atoms with E-state index in [4.69, 9.17) is 10.2 Å². The molecule has 1 saturated heterocycles. The highest BCUT2D eigenvalue weighted by Crippen LogP contribution is 2.35. The predicted molar refractivity (Wildman–Crippen MR) is 162 cm³/mol. The molecule has 3 aromatic carbocycles. The number of phenols is 1. The molecule has 0 amide bonds. The number of hydrogen-bond acceptors (Lipinski definition) is 7. The van der Waals surface area contributed by atoms with Gasteiger partial charge in [-0.1, -0.05) is 66.7 Å². The summed E-state index contributed by atoms with van der Waals surface area (Å²) < 4.78 is 0. The summed E-state index contributed by atoms with van der Waals surface area (Å²) in [5, 5.41) is 25.7. The molecular formula is C33H41N5O3. The second-order valence-corrected chi connectivity index (χ2v) is 11.3. The van der Waals surface area contributed by atoms with Gasteiger partial charge in [-0.3, -0.25) is 14.6 Å². The van der Waals surface area contributed by atoms with E-state index >= 15 is 0 Å². The minimum atomic E-state index is -0.759. The maximum atomic E-state index is 10.8. The second-order valence-electron chi connectivity index (χ2n) is 11.3. The lowest BCUT2D eigenvalue weighted by atomic mass is 9.92. The third-order valence-electron chi connectivity index (χ3n) is 8.15. The van der Waals surface area contributed by atoms with Crippen LogP contribution in [0.15, 0.2) is 84.0 Å². The normalized spacial score (nSPS) is 20.6. The number of aliphatic carboxylic acids is 1. The van der Waals surface area contributed by atoms with Crippen LogP contribution in [0.1, 0.15) is 61.4 Å². The highest BCUT2D eigenvalue weighted by molar-refractivity contribution is 6.02. The third kappa shape index (κ3) is 7.33. The minimum absolute atomic E-state index is 0.0156. The number of nitrogens with one attached hydrogen (secondary N) is 1. The van der Waals surface area contributed by atoms with Crippen LogP contribution >= 0.6 is 0 Å². The fourth-order valence-electron chi connectivity index (χ4n) is 5.96. The highest BCUT2D eigenvalue weighted by atomic mass is 16.4. The van der Waals surface area contributed by atoms with Crippen molar-refractivity contribution in [3.8, 4) is 5.75 Å². The van der Waals surface area contributed by atoms with Gasteiger partial charge in [0.15, 0.2) is 0 Å². The van der Waals surface area contributed by atoms with E-state index in [9.17, 15) is 9.90 Å². The van der Waals surface area contributed by atoms with Gasteiger partial charge in [-0.15, -0.1) is 0 Å². The average molecular weight is 556 g/mol. The minimum Gasteiger partial charge on any atom is -0.508 e.